The first kappa shape index (κ1) is 19.8. The van der Waals surface area contributed by atoms with Gasteiger partial charge in [0.2, 0.25) is 5.78 Å². The molecule has 0 spiro atoms. The molecule has 0 amide bonds. The SMILES string of the molecule is COc1ccccc1Cn1c(=O)c2sccc2n2c(SCc3ccccc3F)nnc12. The van der Waals surface area contributed by atoms with Crippen molar-refractivity contribution in [3.63, 3.8) is 0 Å². The van der Waals surface area contributed by atoms with Gasteiger partial charge in [0, 0.05) is 11.3 Å². The second kappa shape index (κ2) is 8.16. The minimum Gasteiger partial charge on any atom is -0.496 e. The number of methoxy groups -OCH3 is 1. The number of aromatic nitrogens is 4. The van der Waals surface area contributed by atoms with Gasteiger partial charge >= 0.3 is 0 Å². The van der Waals surface area contributed by atoms with E-state index in [-0.39, 0.29) is 11.4 Å². The topological polar surface area (TPSA) is 61.4 Å². The largest absolute Gasteiger partial charge is 0.496 e. The highest BCUT2D eigenvalue weighted by Gasteiger charge is 2.19. The Hall–Kier alpha value is -3.17. The Morgan fingerprint density at radius 3 is 2.65 bits per heavy atom. The molecular formula is C22H17FN4O2S2. The monoisotopic (exact) mass is 452 g/mol. The molecule has 3 aromatic heterocycles. The van der Waals surface area contributed by atoms with Gasteiger partial charge in [0.1, 0.15) is 16.3 Å². The van der Waals surface area contributed by atoms with E-state index in [2.05, 4.69) is 10.2 Å². The maximum absolute atomic E-state index is 14.1. The number of halogens is 1. The van der Waals surface area contributed by atoms with Gasteiger partial charge in [-0.3, -0.25) is 13.8 Å². The van der Waals surface area contributed by atoms with E-state index >= 15 is 0 Å². The molecule has 0 aliphatic rings. The molecule has 0 aliphatic carbocycles. The number of rotatable bonds is 6. The highest BCUT2D eigenvalue weighted by atomic mass is 32.2. The molecule has 31 heavy (non-hydrogen) atoms. The molecule has 0 bridgehead atoms. The summed E-state index contributed by atoms with van der Waals surface area (Å²) in [6.07, 6.45) is 0. The van der Waals surface area contributed by atoms with Crippen LogP contribution in [0, 0.1) is 5.82 Å². The Morgan fingerprint density at radius 1 is 1.06 bits per heavy atom. The predicted octanol–water partition coefficient (Wildman–Crippen LogP) is 4.59. The Bertz CT molecular complexity index is 1460. The molecule has 156 valence electrons. The zero-order chi connectivity index (χ0) is 21.4. The summed E-state index contributed by atoms with van der Waals surface area (Å²) in [5.41, 5.74) is 2.09. The molecule has 0 radical (unpaired) electrons. The third-order valence-electron chi connectivity index (χ3n) is 5.02. The van der Waals surface area contributed by atoms with Crippen LogP contribution >= 0.6 is 23.1 Å². The molecule has 5 aromatic rings. The van der Waals surface area contributed by atoms with Gasteiger partial charge < -0.3 is 4.74 Å². The van der Waals surface area contributed by atoms with Gasteiger partial charge in [-0.05, 0) is 29.1 Å². The van der Waals surface area contributed by atoms with Crippen LogP contribution in [0.4, 0.5) is 4.39 Å². The molecule has 5 rings (SSSR count). The van der Waals surface area contributed by atoms with E-state index in [1.165, 1.54) is 29.2 Å². The van der Waals surface area contributed by atoms with Crippen LogP contribution in [-0.4, -0.2) is 26.3 Å². The molecule has 0 aliphatic heterocycles. The lowest BCUT2D eigenvalue weighted by molar-refractivity contribution is 0.408. The van der Waals surface area contributed by atoms with Gasteiger partial charge in [-0.2, -0.15) is 0 Å². The predicted molar refractivity (Wildman–Crippen MR) is 121 cm³/mol. The van der Waals surface area contributed by atoms with Crippen LogP contribution in [-0.2, 0) is 12.3 Å². The van der Waals surface area contributed by atoms with E-state index < -0.39 is 0 Å². The average molecular weight is 453 g/mol. The van der Waals surface area contributed by atoms with Crippen LogP contribution in [0.15, 0.2) is 69.9 Å². The first-order valence-corrected chi connectivity index (χ1v) is 11.4. The van der Waals surface area contributed by atoms with Crippen molar-refractivity contribution in [3.05, 3.63) is 87.3 Å². The molecular weight excluding hydrogens is 435 g/mol. The van der Waals surface area contributed by atoms with Crippen LogP contribution in [0.5, 0.6) is 5.75 Å². The number of hydrogen-bond donors (Lipinski definition) is 0. The molecule has 3 heterocycles. The normalized spacial score (nSPS) is 11.4. The van der Waals surface area contributed by atoms with Crippen LogP contribution in [0.3, 0.4) is 0 Å². The third-order valence-corrected chi connectivity index (χ3v) is 6.89. The summed E-state index contributed by atoms with van der Waals surface area (Å²) in [4.78, 5) is 13.2. The summed E-state index contributed by atoms with van der Waals surface area (Å²) in [5.74, 6) is 1.30. The van der Waals surface area contributed by atoms with E-state index in [1.807, 2.05) is 46.2 Å². The van der Waals surface area contributed by atoms with E-state index in [1.54, 1.807) is 23.8 Å². The summed E-state index contributed by atoms with van der Waals surface area (Å²) >= 11 is 2.77. The lowest BCUT2D eigenvalue weighted by Gasteiger charge is -2.12. The van der Waals surface area contributed by atoms with E-state index in [9.17, 15) is 9.18 Å². The second-order valence-electron chi connectivity index (χ2n) is 6.84. The summed E-state index contributed by atoms with van der Waals surface area (Å²) in [6, 6.07) is 16.1. The number of para-hydroxylation sites is 1. The lowest BCUT2D eigenvalue weighted by atomic mass is 10.2. The van der Waals surface area contributed by atoms with E-state index in [4.69, 9.17) is 4.74 Å². The number of thioether (sulfide) groups is 1. The van der Waals surface area contributed by atoms with Crippen molar-refractivity contribution in [1.82, 2.24) is 19.2 Å². The minimum atomic E-state index is -0.252. The summed E-state index contributed by atoms with van der Waals surface area (Å²) in [6.45, 7) is 0.302. The van der Waals surface area contributed by atoms with Crippen molar-refractivity contribution < 1.29 is 9.13 Å². The van der Waals surface area contributed by atoms with Crippen molar-refractivity contribution in [3.8, 4) is 5.75 Å². The quantitative estimate of drug-likeness (QED) is 0.353. The van der Waals surface area contributed by atoms with Crippen LogP contribution in [0.25, 0.3) is 16.0 Å². The molecule has 0 atom stereocenters. The summed E-state index contributed by atoms with van der Waals surface area (Å²) in [5, 5.41) is 11.1. The lowest BCUT2D eigenvalue weighted by Crippen LogP contribution is -2.23. The van der Waals surface area contributed by atoms with Crippen molar-refractivity contribution in [2.45, 2.75) is 17.5 Å². The molecule has 0 unspecified atom stereocenters. The van der Waals surface area contributed by atoms with Crippen LogP contribution < -0.4 is 10.3 Å². The molecule has 2 aromatic carbocycles. The van der Waals surface area contributed by atoms with Gasteiger partial charge in [-0.1, -0.05) is 48.2 Å². The standard InChI is InChI=1S/C22H17FN4O2S2/c1-29-18-9-5-3-6-14(18)12-26-20(28)19-17(10-11-30-19)27-21(26)24-25-22(27)31-13-15-7-2-4-8-16(15)23/h2-11H,12-13H2,1H3. The first-order valence-electron chi connectivity index (χ1n) is 9.50. The maximum atomic E-state index is 14.1. The zero-order valence-corrected chi connectivity index (χ0v) is 18.1. The smallest absolute Gasteiger partial charge is 0.273 e. The zero-order valence-electron chi connectivity index (χ0n) is 16.5. The molecule has 0 N–H and O–H groups in total. The maximum Gasteiger partial charge on any atom is 0.273 e. The fourth-order valence-corrected chi connectivity index (χ4v) is 5.25. The highest BCUT2D eigenvalue weighted by Crippen LogP contribution is 2.28. The third kappa shape index (κ3) is 3.49. The van der Waals surface area contributed by atoms with Crippen molar-refractivity contribution in [1.29, 1.82) is 0 Å². The van der Waals surface area contributed by atoms with Gasteiger partial charge in [0.15, 0.2) is 5.16 Å². The molecule has 0 saturated carbocycles. The van der Waals surface area contributed by atoms with Crippen LogP contribution in [0.2, 0.25) is 0 Å². The number of benzene rings is 2. The number of thiophene rings is 1. The molecule has 9 heteroatoms. The Labute approximate surface area is 184 Å². The number of fused-ring (bicyclic) bond motifs is 3. The first-order chi connectivity index (χ1) is 15.2. The average Bonchev–Trinajstić information content (AvgIpc) is 3.43. The molecule has 0 fully saturated rings. The number of nitrogens with zero attached hydrogens (tertiary/aromatic N) is 4. The molecule has 6 nitrogen and oxygen atoms in total. The van der Waals surface area contributed by atoms with Gasteiger partial charge in [0.25, 0.3) is 5.56 Å². The van der Waals surface area contributed by atoms with Gasteiger partial charge in [-0.15, -0.1) is 21.5 Å². The Morgan fingerprint density at radius 2 is 1.84 bits per heavy atom. The summed E-state index contributed by atoms with van der Waals surface area (Å²) in [7, 11) is 1.61. The fraction of sp³-hybridized carbons (Fsp3) is 0.136. The second-order valence-corrected chi connectivity index (χ2v) is 8.69. The van der Waals surface area contributed by atoms with Crippen molar-refractivity contribution in [2.75, 3.05) is 7.11 Å². The number of hydrogen-bond acceptors (Lipinski definition) is 6. The van der Waals surface area contributed by atoms with Gasteiger partial charge in [0.05, 0.1) is 19.2 Å². The van der Waals surface area contributed by atoms with Gasteiger partial charge in [-0.25, -0.2) is 4.39 Å². The Kier molecular flexibility index (Phi) is 5.21. The van der Waals surface area contributed by atoms with E-state index in [0.29, 0.717) is 39.2 Å². The van der Waals surface area contributed by atoms with E-state index in [0.717, 1.165) is 11.1 Å². The Balaban J connectivity index is 1.62. The van der Waals surface area contributed by atoms with Crippen molar-refractivity contribution in [2.24, 2.45) is 0 Å². The van der Waals surface area contributed by atoms with Crippen molar-refractivity contribution >= 4 is 39.1 Å². The van der Waals surface area contributed by atoms with Crippen LogP contribution in [0.1, 0.15) is 11.1 Å². The number of ether oxygens (including phenoxy) is 1. The minimum absolute atomic E-state index is 0.124. The fourth-order valence-electron chi connectivity index (χ4n) is 3.50. The summed E-state index contributed by atoms with van der Waals surface area (Å²) < 4.78 is 23.6. The molecule has 0 saturated heterocycles. The highest BCUT2D eigenvalue weighted by molar-refractivity contribution is 7.98.